The second-order valence-corrected chi connectivity index (χ2v) is 3.73. The van der Waals surface area contributed by atoms with Gasteiger partial charge in [0, 0.05) is 13.0 Å². The minimum atomic E-state index is 0.529. The molecule has 0 spiro atoms. The van der Waals surface area contributed by atoms with Gasteiger partial charge in [-0.25, -0.2) is 4.98 Å². The van der Waals surface area contributed by atoms with Crippen molar-refractivity contribution in [2.24, 2.45) is 7.05 Å². The highest BCUT2D eigenvalue weighted by atomic mass is 16.1. The molecule has 1 aromatic heterocycles. The maximum Gasteiger partial charge on any atom is 0.168 e. The Labute approximate surface area is 77.8 Å². The number of nitrogens with zero attached hydrogens (tertiary/aromatic N) is 2. The fourth-order valence-electron chi connectivity index (χ4n) is 2.12. The summed E-state index contributed by atoms with van der Waals surface area (Å²) in [6, 6.07) is 0. The maximum absolute atomic E-state index is 10.8. The van der Waals surface area contributed by atoms with Crippen molar-refractivity contribution in [3.8, 4) is 0 Å². The standard InChI is InChI=1S/C10H14N2O/c1-12-7-11-10(9(12)6-13)8-4-2-3-5-8/h6-8H,2-5H2,1H3. The van der Waals surface area contributed by atoms with E-state index in [0.29, 0.717) is 5.92 Å². The highest BCUT2D eigenvalue weighted by Crippen LogP contribution is 2.34. The Morgan fingerprint density at radius 2 is 2.23 bits per heavy atom. The summed E-state index contributed by atoms with van der Waals surface area (Å²) in [5.74, 6) is 0.529. The molecule has 0 aliphatic heterocycles. The molecule has 2 rings (SSSR count). The summed E-state index contributed by atoms with van der Waals surface area (Å²) in [7, 11) is 1.87. The molecule has 0 amide bonds. The topological polar surface area (TPSA) is 34.9 Å². The quantitative estimate of drug-likeness (QED) is 0.648. The van der Waals surface area contributed by atoms with Gasteiger partial charge in [-0.1, -0.05) is 12.8 Å². The summed E-state index contributed by atoms with van der Waals surface area (Å²) in [5, 5.41) is 0. The van der Waals surface area contributed by atoms with Crippen molar-refractivity contribution < 1.29 is 4.79 Å². The van der Waals surface area contributed by atoms with E-state index in [9.17, 15) is 4.79 Å². The summed E-state index contributed by atoms with van der Waals surface area (Å²) in [4.78, 5) is 15.1. The molecule has 0 saturated heterocycles. The van der Waals surface area contributed by atoms with Crippen molar-refractivity contribution >= 4 is 6.29 Å². The Morgan fingerprint density at radius 3 is 2.85 bits per heavy atom. The lowest BCUT2D eigenvalue weighted by Crippen LogP contribution is -2.00. The van der Waals surface area contributed by atoms with E-state index in [0.717, 1.165) is 17.7 Å². The van der Waals surface area contributed by atoms with Crippen LogP contribution in [0.15, 0.2) is 6.33 Å². The lowest BCUT2D eigenvalue weighted by molar-refractivity contribution is 0.111. The number of carbonyl (C=O) groups excluding carboxylic acids is 1. The van der Waals surface area contributed by atoms with Crippen LogP contribution >= 0.6 is 0 Å². The van der Waals surface area contributed by atoms with Gasteiger partial charge >= 0.3 is 0 Å². The number of imidazole rings is 1. The molecule has 70 valence electrons. The third kappa shape index (κ3) is 1.39. The molecule has 13 heavy (non-hydrogen) atoms. The third-order valence-corrected chi connectivity index (χ3v) is 2.87. The number of aryl methyl sites for hydroxylation is 1. The Morgan fingerprint density at radius 1 is 1.54 bits per heavy atom. The molecular weight excluding hydrogens is 164 g/mol. The molecule has 1 aliphatic carbocycles. The van der Waals surface area contributed by atoms with Gasteiger partial charge in [-0.05, 0) is 12.8 Å². The minimum absolute atomic E-state index is 0.529. The number of aromatic nitrogens is 2. The molecule has 1 aromatic rings. The number of aldehydes is 1. The van der Waals surface area contributed by atoms with Crippen molar-refractivity contribution in [1.29, 1.82) is 0 Å². The molecule has 1 aliphatic rings. The first kappa shape index (κ1) is 8.48. The molecular formula is C10H14N2O. The minimum Gasteiger partial charge on any atom is -0.331 e. The van der Waals surface area contributed by atoms with E-state index >= 15 is 0 Å². The van der Waals surface area contributed by atoms with Gasteiger partial charge in [0.05, 0.1) is 12.0 Å². The second kappa shape index (κ2) is 3.32. The van der Waals surface area contributed by atoms with Crippen LogP contribution in [0.3, 0.4) is 0 Å². The van der Waals surface area contributed by atoms with Crippen LogP contribution in [-0.4, -0.2) is 15.8 Å². The summed E-state index contributed by atoms with van der Waals surface area (Å²) < 4.78 is 1.81. The fourth-order valence-corrected chi connectivity index (χ4v) is 2.12. The summed E-state index contributed by atoms with van der Waals surface area (Å²) in [6.07, 6.45) is 7.59. The van der Waals surface area contributed by atoms with Crippen LogP contribution in [0.4, 0.5) is 0 Å². The van der Waals surface area contributed by atoms with Gasteiger partial charge in [-0.3, -0.25) is 4.79 Å². The molecule has 1 heterocycles. The van der Waals surface area contributed by atoms with E-state index in [1.54, 1.807) is 10.9 Å². The molecule has 1 saturated carbocycles. The average Bonchev–Trinajstić information content (AvgIpc) is 2.71. The molecule has 3 nitrogen and oxygen atoms in total. The Hall–Kier alpha value is -1.12. The van der Waals surface area contributed by atoms with Gasteiger partial charge in [-0.2, -0.15) is 0 Å². The van der Waals surface area contributed by atoms with E-state index in [1.807, 2.05) is 7.05 Å². The van der Waals surface area contributed by atoms with Crippen LogP contribution in [0.5, 0.6) is 0 Å². The van der Waals surface area contributed by atoms with Gasteiger partial charge in [-0.15, -0.1) is 0 Å². The average molecular weight is 178 g/mol. The highest BCUT2D eigenvalue weighted by Gasteiger charge is 2.22. The van der Waals surface area contributed by atoms with Crippen molar-refractivity contribution in [2.45, 2.75) is 31.6 Å². The zero-order valence-corrected chi connectivity index (χ0v) is 7.86. The first-order valence-electron chi connectivity index (χ1n) is 4.79. The monoisotopic (exact) mass is 178 g/mol. The van der Waals surface area contributed by atoms with E-state index in [4.69, 9.17) is 0 Å². The van der Waals surface area contributed by atoms with E-state index < -0.39 is 0 Å². The number of rotatable bonds is 2. The molecule has 0 radical (unpaired) electrons. The molecule has 0 aromatic carbocycles. The molecule has 0 atom stereocenters. The lowest BCUT2D eigenvalue weighted by Gasteiger charge is -2.05. The Bertz CT molecular complexity index is 311. The predicted molar refractivity (Wildman–Crippen MR) is 49.8 cm³/mol. The Balaban J connectivity index is 2.32. The van der Waals surface area contributed by atoms with Gasteiger partial charge in [0.15, 0.2) is 6.29 Å². The normalized spacial score (nSPS) is 17.9. The van der Waals surface area contributed by atoms with Crippen LogP contribution in [0, 0.1) is 0 Å². The van der Waals surface area contributed by atoms with Crippen LogP contribution in [0.25, 0.3) is 0 Å². The van der Waals surface area contributed by atoms with Crippen molar-refractivity contribution in [3.63, 3.8) is 0 Å². The predicted octanol–water partition coefficient (Wildman–Crippen LogP) is 1.89. The van der Waals surface area contributed by atoms with E-state index in [2.05, 4.69) is 4.98 Å². The van der Waals surface area contributed by atoms with E-state index in [1.165, 1.54) is 25.7 Å². The van der Waals surface area contributed by atoms with Gasteiger partial charge in [0.25, 0.3) is 0 Å². The van der Waals surface area contributed by atoms with Crippen LogP contribution < -0.4 is 0 Å². The molecule has 0 unspecified atom stereocenters. The fraction of sp³-hybridized carbons (Fsp3) is 0.600. The molecule has 1 fully saturated rings. The molecule has 0 bridgehead atoms. The molecule has 0 N–H and O–H groups in total. The van der Waals surface area contributed by atoms with Gasteiger partial charge < -0.3 is 4.57 Å². The zero-order valence-electron chi connectivity index (χ0n) is 7.86. The third-order valence-electron chi connectivity index (χ3n) is 2.87. The van der Waals surface area contributed by atoms with Crippen molar-refractivity contribution in [2.75, 3.05) is 0 Å². The van der Waals surface area contributed by atoms with Crippen LogP contribution in [-0.2, 0) is 7.05 Å². The molecule has 3 heteroatoms. The first-order chi connectivity index (χ1) is 6.33. The van der Waals surface area contributed by atoms with E-state index in [-0.39, 0.29) is 0 Å². The Kier molecular flexibility index (Phi) is 2.17. The summed E-state index contributed by atoms with van der Waals surface area (Å²) in [5.41, 5.74) is 1.77. The summed E-state index contributed by atoms with van der Waals surface area (Å²) >= 11 is 0. The lowest BCUT2D eigenvalue weighted by atomic mass is 10.0. The van der Waals surface area contributed by atoms with Gasteiger partial charge in [0.2, 0.25) is 0 Å². The van der Waals surface area contributed by atoms with Crippen molar-refractivity contribution in [1.82, 2.24) is 9.55 Å². The zero-order chi connectivity index (χ0) is 9.26. The number of hydrogen-bond donors (Lipinski definition) is 0. The maximum atomic E-state index is 10.8. The SMILES string of the molecule is Cn1cnc(C2CCCC2)c1C=O. The largest absolute Gasteiger partial charge is 0.331 e. The smallest absolute Gasteiger partial charge is 0.168 e. The number of carbonyl (C=O) groups is 1. The first-order valence-corrected chi connectivity index (χ1v) is 4.79. The number of hydrogen-bond acceptors (Lipinski definition) is 2. The van der Waals surface area contributed by atoms with Crippen LogP contribution in [0.1, 0.15) is 47.8 Å². The van der Waals surface area contributed by atoms with Crippen LogP contribution in [0.2, 0.25) is 0 Å². The highest BCUT2D eigenvalue weighted by molar-refractivity contribution is 5.74. The summed E-state index contributed by atoms with van der Waals surface area (Å²) in [6.45, 7) is 0. The van der Waals surface area contributed by atoms with Crippen molar-refractivity contribution in [3.05, 3.63) is 17.7 Å². The second-order valence-electron chi connectivity index (χ2n) is 3.73. The van der Waals surface area contributed by atoms with Gasteiger partial charge in [0.1, 0.15) is 5.69 Å².